The van der Waals surface area contributed by atoms with E-state index < -0.39 is 0 Å². The number of nitrogen functional groups attached to an aromatic ring is 1. The topological polar surface area (TPSA) is 115 Å². The summed E-state index contributed by atoms with van der Waals surface area (Å²) in [5, 5.41) is 6.19. The average molecular weight is 459 g/mol. The van der Waals surface area contributed by atoms with Crippen molar-refractivity contribution in [3.8, 4) is 5.75 Å². The number of thioether (sulfide) groups is 1. The van der Waals surface area contributed by atoms with Crippen LogP contribution in [0.15, 0.2) is 42.5 Å². The quantitative estimate of drug-likeness (QED) is 0.454. The lowest BCUT2D eigenvalue weighted by Crippen LogP contribution is -2.23. The highest BCUT2D eigenvalue weighted by Crippen LogP contribution is 2.31. The van der Waals surface area contributed by atoms with Crippen LogP contribution in [-0.4, -0.2) is 33.2 Å². The van der Waals surface area contributed by atoms with Gasteiger partial charge in [-0.1, -0.05) is 29.8 Å². The number of hydrogen-bond donors (Lipinski definition) is 3. The van der Waals surface area contributed by atoms with Gasteiger partial charge < -0.3 is 21.1 Å². The second-order valence-corrected chi connectivity index (χ2v) is 8.40. The lowest BCUT2D eigenvalue weighted by molar-refractivity contribution is -0.115. The standard InChI is InChI=1S/C21H23ClN6O2S/c1-12-9-16(17(30-3)10-15(12)22)25-19(29)13(2)31-11-18-26-20(23)28-21(27-18)24-14-7-5-4-6-8-14/h4-10,13H,11H2,1-3H3,(H,25,29)(H3,23,24,26,27,28). The second kappa shape index (κ2) is 10.3. The van der Waals surface area contributed by atoms with Crippen molar-refractivity contribution in [2.75, 3.05) is 23.5 Å². The maximum absolute atomic E-state index is 12.7. The number of amides is 1. The molecule has 4 N–H and O–H groups in total. The Balaban J connectivity index is 1.63. The number of halogens is 1. The number of ether oxygens (including phenoxy) is 1. The molecular weight excluding hydrogens is 436 g/mol. The number of anilines is 4. The van der Waals surface area contributed by atoms with Gasteiger partial charge in [-0.15, -0.1) is 11.8 Å². The lowest BCUT2D eigenvalue weighted by Gasteiger charge is -2.15. The Morgan fingerprint density at radius 1 is 1.23 bits per heavy atom. The van der Waals surface area contributed by atoms with Gasteiger partial charge in [0, 0.05) is 16.8 Å². The zero-order valence-electron chi connectivity index (χ0n) is 17.3. The van der Waals surface area contributed by atoms with Crippen molar-refractivity contribution in [2.24, 2.45) is 0 Å². The molecule has 3 rings (SSSR count). The molecule has 8 nitrogen and oxygen atoms in total. The fraction of sp³-hybridized carbons (Fsp3) is 0.238. The number of carbonyl (C=O) groups excluding carboxylic acids is 1. The molecule has 0 radical (unpaired) electrons. The maximum Gasteiger partial charge on any atom is 0.237 e. The van der Waals surface area contributed by atoms with E-state index in [1.54, 1.807) is 12.1 Å². The minimum atomic E-state index is -0.371. The molecule has 0 spiro atoms. The van der Waals surface area contributed by atoms with E-state index >= 15 is 0 Å². The largest absolute Gasteiger partial charge is 0.495 e. The molecule has 1 unspecified atom stereocenters. The lowest BCUT2D eigenvalue weighted by atomic mass is 10.2. The van der Waals surface area contributed by atoms with E-state index in [4.69, 9.17) is 22.1 Å². The number of rotatable bonds is 8. The summed E-state index contributed by atoms with van der Waals surface area (Å²) in [6, 6.07) is 13.0. The number of nitrogens with two attached hydrogens (primary N) is 1. The summed E-state index contributed by atoms with van der Waals surface area (Å²) in [6.07, 6.45) is 0. The van der Waals surface area contributed by atoms with Gasteiger partial charge in [-0.25, -0.2) is 0 Å². The molecule has 2 aromatic carbocycles. The van der Waals surface area contributed by atoms with Crippen molar-refractivity contribution >= 4 is 52.5 Å². The van der Waals surface area contributed by atoms with Crippen LogP contribution in [0, 0.1) is 6.92 Å². The normalized spacial score (nSPS) is 11.6. The molecule has 10 heteroatoms. The predicted octanol–water partition coefficient (Wildman–Crippen LogP) is 4.43. The van der Waals surface area contributed by atoms with Gasteiger partial charge in [-0.05, 0) is 37.6 Å². The van der Waals surface area contributed by atoms with Gasteiger partial charge in [0.2, 0.25) is 17.8 Å². The van der Waals surface area contributed by atoms with Gasteiger partial charge in [0.15, 0.2) is 0 Å². The fourth-order valence-corrected chi connectivity index (χ4v) is 3.54. The summed E-state index contributed by atoms with van der Waals surface area (Å²) >= 11 is 7.51. The van der Waals surface area contributed by atoms with E-state index in [9.17, 15) is 4.79 Å². The third kappa shape index (κ3) is 6.22. The molecule has 1 heterocycles. The zero-order chi connectivity index (χ0) is 22.4. The molecule has 1 amide bonds. The van der Waals surface area contributed by atoms with Crippen molar-refractivity contribution in [1.82, 2.24) is 15.0 Å². The highest BCUT2D eigenvalue weighted by Gasteiger charge is 2.18. The molecular formula is C21H23ClN6O2S. The highest BCUT2D eigenvalue weighted by atomic mass is 35.5. The molecule has 0 aliphatic rings. The Morgan fingerprint density at radius 3 is 2.68 bits per heavy atom. The molecule has 0 aliphatic carbocycles. The second-order valence-electron chi connectivity index (χ2n) is 6.67. The number of aromatic nitrogens is 3. The number of aryl methyl sites for hydroxylation is 1. The first-order valence-corrected chi connectivity index (χ1v) is 10.9. The highest BCUT2D eigenvalue weighted by molar-refractivity contribution is 7.99. The Labute approximate surface area is 190 Å². The first kappa shape index (κ1) is 22.6. The first-order valence-electron chi connectivity index (χ1n) is 9.45. The zero-order valence-corrected chi connectivity index (χ0v) is 18.9. The molecule has 31 heavy (non-hydrogen) atoms. The van der Waals surface area contributed by atoms with E-state index in [2.05, 4.69) is 25.6 Å². The SMILES string of the molecule is COc1cc(Cl)c(C)cc1NC(=O)C(C)SCc1nc(N)nc(Nc2ccccc2)n1. The van der Waals surface area contributed by atoms with Crippen molar-refractivity contribution in [3.63, 3.8) is 0 Å². The van der Waals surface area contributed by atoms with Crippen molar-refractivity contribution in [2.45, 2.75) is 24.9 Å². The van der Waals surface area contributed by atoms with Gasteiger partial charge in [-0.2, -0.15) is 15.0 Å². The number of nitrogens with one attached hydrogen (secondary N) is 2. The minimum absolute atomic E-state index is 0.113. The number of methoxy groups -OCH3 is 1. The van der Waals surface area contributed by atoms with Gasteiger partial charge in [0.25, 0.3) is 0 Å². The van der Waals surface area contributed by atoms with Crippen molar-refractivity contribution in [1.29, 1.82) is 0 Å². The molecule has 0 saturated heterocycles. The van der Waals surface area contributed by atoms with Crippen LogP contribution in [-0.2, 0) is 10.5 Å². The fourth-order valence-electron chi connectivity index (χ4n) is 2.65. The number of carbonyl (C=O) groups is 1. The van der Waals surface area contributed by atoms with E-state index in [0.717, 1.165) is 11.3 Å². The summed E-state index contributed by atoms with van der Waals surface area (Å²) in [5.74, 6) is 1.67. The van der Waals surface area contributed by atoms with Crippen LogP contribution >= 0.6 is 23.4 Å². The molecule has 1 aromatic heterocycles. The van der Waals surface area contributed by atoms with E-state index in [1.807, 2.05) is 44.2 Å². The third-order valence-corrected chi connectivity index (χ3v) is 5.85. The number of hydrogen-bond acceptors (Lipinski definition) is 8. The minimum Gasteiger partial charge on any atom is -0.495 e. The summed E-state index contributed by atoms with van der Waals surface area (Å²) in [6.45, 7) is 3.67. The van der Waals surface area contributed by atoms with Crippen molar-refractivity contribution < 1.29 is 9.53 Å². The maximum atomic E-state index is 12.7. The van der Waals surface area contributed by atoms with Crippen LogP contribution in [0.2, 0.25) is 5.02 Å². The summed E-state index contributed by atoms with van der Waals surface area (Å²) in [4.78, 5) is 25.3. The third-order valence-electron chi connectivity index (χ3n) is 4.30. The Hall–Kier alpha value is -3.04. The van der Waals surface area contributed by atoms with Crippen molar-refractivity contribution in [3.05, 3.63) is 58.9 Å². The molecule has 0 saturated carbocycles. The van der Waals surface area contributed by atoms with Crippen LogP contribution in [0.1, 0.15) is 18.3 Å². The number of para-hydroxylation sites is 1. The van der Waals surface area contributed by atoms with E-state index in [1.165, 1.54) is 18.9 Å². The van der Waals surface area contributed by atoms with Crippen LogP contribution < -0.4 is 21.1 Å². The first-order chi connectivity index (χ1) is 14.9. The average Bonchev–Trinajstić information content (AvgIpc) is 2.74. The Kier molecular flexibility index (Phi) is 7.54. The summed E-state index contributed by atoms with van der Waals surface area (Å²) < 4.78 is 5.31. The number of nitrogens with zero attached hydrogens (tertiary/aromatic N) is 3. The van der Waals surface area contributed by atoms with Gasteiger partial charge >= 0.3 is 0 Å². The van der Waals surface area contributed by atoms with E-state index in [-0.39, 0.29) is 17.1 Å². The van der Waals surface area contributed by atoms with Crippen LogP contribution in [0.4, 0.5) is 23.3 Å². The molecule has 3 aromatic rings. The van der Waals surface area contributed by atoms with Gasteiger partial charge in [0.05, 0.1) is 23.8 Å². The Morgan fingerprint density at radius 2 is 1.97 bits per heavy atom. The molecule has 1 atom stereocenters. The molecule has 0 aliphatic heterocycles. The predicted molar refractivity (Wildman–Crippen MR) is 126 cm³/mol. The van der Waals surface area contributed by atoms with Crippen LogP contribution in [0.5, 0.6) is 5.75 Å². The van der Waals surface area contributed by atoms with E-state index in [0.29, 0.717) is 34.0 Å². The van der Waals surface area contributed by atoms with Crippen LogP contribution in [0.3, 0.4) is 0 Å². The Bertz CT molecular complexity index is 1070. The number of benzene rings is 2. The van der Waals surface area contributed by atoms with Gasteiger partial charge in [-0.3, -0.25) is 4.79 Å². The molecule has 0 bridgehead atoms. The molecule has 0 fully saturated rings. The molecule has 162 valence electrons. The smallest absolute Gasteiger partial charge is 0.237 e. The van der Waals surface area contributed by atoms with Crippen LogP contribution in [0.25, 0.3) is 0 Å². The summed E-state index contributed by atoms with van der Waals surface area (Å²) in [5.41, 5.74) is 8.08. The summed E-state index contributed by atoms with van der Waals surface area (Å²) in [7, 11) is 1.53. The van der Waals surface area contributed by atoms with Gasteiger partial charge in [0.1, 0.15) is 11.6 Å². The monoisotopic (exact) mass is 458 g/mol.